The van der Waals surface area contributed by atoms with Gasteiger partial charge in [-0.1, -0.05) is 19.1 Å². The van der Waals surface area contributed by atoms with Crippen LogP contribution in [0.25, 0.3) is 0 Å². The van der Waals surface area contributed by atoms with E-state index in [1.807, 2.05) is 19.9 Å². The number of carbonyl (C=O) groups is 2. The molecule has 2 N–H and O–H groups in total. The van der Waals surface area contributed by atoms with Gasteiger partial charge in [-0.15, -0.1) is 11.8 Å². The van der Waals surface area contributed by atoms with Crippen LogP contribution in [0.5, 0.6) is 0 Å². The van der Waals surface area contributed by atoms with Crippen molar-refractivity contribution in [3.05, 3.63) is 29.8 Å². The number of nitriles is 1. The largest absolute Gasteiger partial charge is 0.350 e. The number of nitrogens with zero attached hydrogens (tertiary/aromatic N) is 1. The van der Waals surface area contributed by atoms with E-state index in [1.54, 1.807) is 24.3 Å². The number of anilines is 1. The van der Waals surface area contributed by atoms with Gasteiger partial charge in [-0.2, -0.15) is 5.26 Å². The Labute approximate surface area is 129 Å². The van der Waals surface area contributed by atoms with Crippen LogP contribution in [-0.4, -0.2) is 29.4 Å². The van der Waals surface area contributed by atoms with E-state index >= 15 is 0 Å². The Bertz CT molecular complexity index is 540. The lowest BCUT2D eigenvalue weighted by atomic mass is 10.1. The zero-order valence-electron chi connectivity index (χ0n) is 12.2. The van der Waals surface area contributed by atoms with Gasteiger partial charge in [0.15, 0.2) is 0 Å². The van der Waals surface area contributed by atoms with Gasteiger partial charge in [-0.25, -0.2) is 0 Å². The van der Waals surface area contributed by atoms with Crippen molar-refractivity contribution in [3.8, 4) is 6.07 Å². The molecule has 1 unspecified atom stereocenters. The number of hydrogen-bond acceptors (Lipinski definition) is 4. The standard InChI is InChI=1S/C15H19N3O2S/c1-3-11(2)17-15(20)12-6-4-5-7-13(12)18-14(19)10-21-9-8-16/h4-7,11H,3,9-10H2,1-2H3,(H,17,20)(H,18,19). The summed E-state index contributed by atoms with van der Waals surface area (Å²) in [6, 6.07) is 8.93. The Morgan fingerprint density at radius 1 is 1.38 bits per heavy atom. The lowest BCUT2D eigenvalue weighted by Crippen LogP contribution is -2.32. The third kappa shape index (κ3) is 5.88. The maximum absolute atomic E-state index is 12.2. The van der Waals surface area contributed by atoms with Gasteiger partial charge >= 0.3 is 0 Å². The normalized spacial score (nSPS) is 11.3. The fourth-order valence-corrected chi connectivity index (χ4v) is 2.02. The van der Waals surface area contributed by atoms with Crippen LogP contribution >= 0.6 is 11.8 Å². The molecular weight excluding hydrogens is 286 g/mol. The first-order valence-electron chi connectivity index (χ1n) is 6.73. The minimum Gasteiger partial charge on any atom is -0.350 e. The summed E-state index contributed by atoms with van der Waals surface area (Å²) in [6.07, 6.45) is 0.838. The zero-order valence-corrected chi connectivity index (χ0v) is 13.0. The van der Waals surface area contributed by atoms with E-state index in [0.717, 1.165) is 6.42 Å². The first kappa shape index (κ1) is 17.1. The topological polar surface area (TPSA) is 82.0 Å². The van der Waals surface area contributed by atoms with Crippen LogP contribution in [-0.2, 0) is 4.79 Å². The molecule has 5 nitrogen and oxygen atoms in total. The minimum absolute atomic E-state index is 0.0763. The first-order chi connectivity index (χ1) is 10.1. The zero-order chi connectivity index (χ0) is 15.7. The van der Waals surface area contributed by atoms with Gasteiger partial charge in [-0.05, 0) is 25.5 Å². The molecule has 0 fully saturated rings. The summed E-state index contributed by atoms with van der Waals surface area (Å²) in [5.74, 6) is 0.0299. The highest BCUT2D eigenvalue weighted by atomic mass is 32.2. The summed E-state index contributed by atoms with van der Waals surface area (Å²) in [6.45, 7) is 3.92. The van der Waals surface area contributed by atoms with Crippen LogP contribution in [0.2, 0.25) is 0 Å². The van der Waals surface area contributed by atoms with Crippen molar-refractivity contribution in [2.24, 2.45) is 0 Å². The van der Waals surface area contributed by atoms with Crippen molar-refractivity contribution >= 4 is 29.3 Å². The molecule has 21 heavy (non-hydrogen) atoms. The van der Waals surface area contributed by atoms with Crippen molar-refractivity contribution in [1.29, 1.82) is 5.26 Å². The van der Waals surface area contributed by atoms with Crippen LogP contribution in [0.15, 0.2) is 24.3 Å². The van der Waals surface area contributed by atoms with Gasteiger partial charge in [0.2, 0.25) is 5.91 Å². The molecular formula is C15H19N3O2S. The van der Waals surface area contributed by atoms with Crippen molar-refractivity contribution in [1.82, 2.24) is 5.32 Å². The molecule has 0 aromatic heterocycles. The smallest absolute Gasteiger partial charge is 0.253 e. The second-order valence-corrected chi connectivity index (χ2v) is 5.51. The number of para-hydroxylation sites is 1. The molecule has 1 aromatic rings. The van der Waals surface area contributed by atoms with E-state index in [2.05, 4.69) is 10.6 Å². The van der Waals surface area contributed by atoms with Crippen LogP contribution in [0.4, 0.5) is 5.69 Å². The summed E-state index contributed by atoms with van der Waals surface area (Å²) >= 11 is 1.24. The summed E-state index contributed by atoms with van der Waals surface area (Å²) in [5.41, 5.74) is 0.928. The molecule has 2 amide bonds. The summed E-state index contributed by atoms with van der Waals surface area (Å²) in [7, 11) is 0. The number of nitrogens with one attached hydrogen (secondary N) is 2. The maximum atomic E-state index is 12.2. The summed E-state index contributed by atoms with van der Waals surface area (Å²) in [5, 5.41) is 14.0. The monoisotopic (exact) mass is 305 g/mol. The highest BCUT2D eigenvalue weighted by molar-refractivity contribution is 8.00. The molecule has 0 saturated carbocycles. The molecule has 0 bridgehead atoms. The van der Waals surface area contributed by atoms with E-state index in [0.29, 0.717) is 11.3 Å². The molecule has 0 heterocycles. The Kier molecular flexibility index (Phi) is 7.33. The average molecular weight is 305 g/mol. The van der Waals surface area contributed by atoms with E-state index < -0.39 is 0 Å². The number of rotatable bonds is 7. The fraction of sp³-hybridized carbons (Fsp3) is 0.400. The van der Waals surface area contributed by atoms with Crippen LogP contribution in [0, 0.1) is 11.3 Å². The minimum atomic E-state index is -0.223. The van der Waals surface area contributed by atoms with Gasteiger partial charge in [-0.3, -0.25) is 9.59 Å². The Morgan fingerprint density at radius 2 is 2.10 bits per heavy atom. The first-order valence-corrected chi connectivity index (χ1v) is 7.88. The SMILES string of the molecule is CCC(C)NC(=O)c1ccccc1NC(=O)CSCC#N. The maximum Gasteiger partial charge on any atom is 0.253 e. The Morgan fingerprint density at radius 3 is 2.76 bits per heavy atom. The Hall–Kier alpha value is -2.00. The lowest BCUT2D eigenvalue weighted by molar-refractivity contribution is -0.113. The van der Waals surface area contributed by atoms with Gasteiger partial charge < -0.3 is 10.6 Å². The van der Waals surface area contributed by atoms with Crippen molar-refractivity contribution in [3.63, 3.8) is 0 Å². The van der Waals surface area contributed by atoms with Gasteiger partial charge in [0.25, 0.3) is 5.91 Å². The molecule has 1 aromatic carbocycles. The van der Waals surface area contributed by atoms with Crippen LogP contribution in [0.3, 0.4) is 0 Å². The average Bonchev–Trinajstić information content (AvgIpc) is 2.47. The third-order valence-electron chi connectivity index (χ3n) is 2.84. The molecule has 112 valence electrons. The molecule has 0 aliphatic rings. The van der Waals surface area contributed by atoms with Crippen molar-refractivity contribution in [2.75, 3.05) is 16.8 Å². The van der Waals surface area contributed by atoms with Crippen molar-refractivity contribution < 1.29 is 9.59 Å². The second-order valence-electron chi connectivity index (χ2n) is 4.53. The predicted octanol–water partition coefficient (Wildman–Crippen LogP) is 2.41. The molecule has 0 radical (unpaired) electrons. The summed E-state index contributed by atoms with van der Waals surface area (Å²) < 4.78 is 0. The third-order valence-corrected chi connectivity index (χ3v) is 3.63. The predicted molar refractivity (Wildman–Crippen MR) is 85.2 cm³/mol. The van der Waals surface area contributed by atoms with E-state index in [4.69, 9.17) is 5.26 Å². The molecule has 0 spiro atoms. The van der Waals surface area contributed by atoms with Gasteiger partial charge in [0.05, 0.1) is 28.8 Å². The van der Waals surface area contributed by atoms with E-state index in [1.165, 1.54) is 11.8 Å². The molecule has 1 atom stereocenters. The summed E-state index contributed by atoms with van der Waals surface area (Å²) in [4.78, 5) is 23.9. The van der Waals surface area contributed by atoms with Crippen molar-refractivity contribution in [2.45, 2.75) is 26.3 Å². The van der Waals surface area contributed by atoms with Gasteiger partial charge in [0, 0.05) is 6.04 Å². The molecule has 0 aliphatic heterocycles. The molecule has 1 rings (SSSR count). The molecule has 6 heteroatoms. The van der Waals surface area contributed by atoms with Gasteiger partial charge in [0.1, 0.15) is 0 Å². The van der Waals surface area contributed by atoms with Crippen LogP contribution in [0.1, 0.15) is 30.6 Å². The fourth-order valence-electron chi connectivity index (χ4n) is 1.57. The lowest BCUT2D eigenvalue weighted by Gasteiger charge is -2.14. The van der Waals surface area contributed by atoms with E-state index in [-0.39, 0.29) is 29.4 Å². The Balaban J connectivity index is 2.73. The quantitative estimate of drug-likeness (QED) is 0.758. The molecule has 0 saturated heterocycles. The van der Waals surface area contributed by atoms with E-state index in [9.17, 15) is 9.59 Å². The number of thioether (sulfide) groups is 1. The highest BCUT2D eigenvalue weighted by Crippen LogP contribution is 2.16. The second kappa shape index (κ2) is 9.03. The molecule has 0 aliphatic carbocycles. The number of benzene rings is 1. The number of hydrogen-bond donors (Lipinski definition) is 2. The number of amides is 2. The highest BCUT2D eigenvalue weighted by Gasteiger charge is 2.14. The number of carbonyl (C=O) groups excluding carboxylic acids is 2. The van der Waals surface area contributed by atoms with Crippen LogP contribution < -0.4 is 10.6 Å².